The molecule has 5 heteroatoms. The Labute approximate surface area is 82.4 Å². The lowest BCUT2D eigenvalue weighted by atomic mass is 10.2. The molecular formula is C9H11BO4. The predicted octanol–water partition coefficient (Wildman–Crippen LogP) is 0.0219. The Morgan fingerprint density at radius 1 is 1.21 bits per heavy atom. The molecule has 0 aromatic heterocycles. The van der Waals surface area contributed by atoms with Crippen LogP contribution in [0.3, 0.4) is 0 Å². The van der Waals surface area contributed by atoms with Crippen LogP contribution in [-0.2, 0) is 4.79 Å². The molecule has 0 unspecified atom stereocenters. The molecule has 0 aliphatic heterocycles. The van der Waals surface area contributed by atoms with Crippen LogP contribution in [0.1, 0.15) is 5.56 Å². The molecule has 0 bridgehead atoms. The second-order valence-electron chi connectivity index (χ2n) is 2.22. The van der Waals surface area contributed by atoms with Crippen LogP contribution in [0.25, 0.3) is 6.08 Å². The molecule has 74 valence electrons. The first-order chi connectivity index (χ1) is 6.70. The first-order valence-electron chi connectivity index (χ1n) is 3.88. The molecule has 0 aliphatic carbocycles. The van der Waals surface area contributed by atoms with Crippen molar-refractivity contribution in [1.82, 2.24) is 0 Å². The van der Waals surface area contributed by atoms with Crippen molar-refractivity contribution in [2.24, 2.45) is 0 Å². The van der Waals surface area contributed by atoms with E-state index in [0.29, 0.717) is 0 Å². The molecule has 0 atom stereocenters. The van der Waals surface area contributed by atoms with Gasteiger partial charge in [0.15, 0.2) is 0 Å². The van der Waals surface area contributed by atoms with Gasteiger partial charge in [0.05, 0.1) is 0 Å². The van der Waals surface area contributed by atoms with Gasteiger partial charge in [-0.2, -0.15) is 0 Å². The van der Waals surface area contributed by atoms with Gasteiger partial charge in [-0.25, -0.2) is 4.79 Å². The number of hydrogen-bond acceptors (Lipinski definition) is 3. The molecule has 0 spiro atoms. The highest BCUT2D eigenvalue weighted by atomic mass is 16.4. The van der Waals surface area contributed by atoms with E-state index in [9.17, 15) is 4.79 Å². The highest BCUT2D eigenvalue weighted by molar-refractivity contribution is 6.13. The summed E-state index contributed by atoms with van der Waals surface area (Å²) in [5.41, 5.74) is 0.898. The Morgan fingerprint density at radius 3 is 2.14 bits per heavy atom. The maximum absolute atomic E-state index is 10.1. The third kappa shape index (κ3) is 7.09. The molecule has 0 radical (unpaired) electrons. The minimum absolute atomic E-state index is 0.750. The van der Waals surface area contributed by atoms with Gasteiger partial charge < -0.3 is 15.2 Å². The molecule has 4 nitrogen and oxygen atoms in total. The molecular weight excluding hydrogens is 183 g/mol. The lowest BCUT2D eigenvalue weighted by Crippen LogP contribution is -1.85. The average molecular weight is 194 g/mol. The second-order valence-corrected chi connectivity index (χ2v) is 2.22. The molecule has 14 heavy (non-hydrogen) atoms. The van der Waals surface area contributed by atoms with Gasteiger partial charge in [0, 0.05) is 6.08 Å². The predicted molar refractivity (Wildman–Crippen MR) is 54.7 cm³/mol. The summed E-state index contributed by atoms with van der Waals surface area (Å²) >= 11 is 0. The van der Waals surface area contributed by atoms with Gasteiger partial charge in [-0.3, -0.25) is 0 Å². The molecule has 1 aromatic rings. The Kier molecular flexibility index (Phi) is 7.12. The van der Waals surface area contributed by atoms with Crippen LogP contribution in [0.4, 0.5) is 0 Å². The summed E-state index contributed by atoms with van der Waals surface area (Å²) in [6.07, 6.45) is 2.68. The third-order valence-electron chi connectivity index (χ3n) is 1.22. The molecule has 1 aromatic carbocycles. The third-order valence-corrected chi connectivity index (χ3v) is 1.22. The number of benzene rings is 1. The van der Waals surface area contributed by atoms with Gasteiger partial charge in [-0.05, 0) is 11.6 Å². The number of rotatable bonds is 2. The maximum atomic E-state index is 10.1. The van der Waals surface area contributed by atoms with Crippen LogP contribution >= 0.6 is 0 Å². The summed E-state index contributed by atoms with van der Waals surface area (Å²) in [7, 11) is -0.750. The molecule has 1 rings (SSSR count). The van der Waals surface area contributed by atoms with Crippen LogP contribution in [0, 0.1) is 0 Å². The standard InChI is InChI=1S/C9H8O2.BH3O2/c10-9(11)7-6-8-4-2-1-3-5-8;2-1-3/h1-7H,(H,10,11);1-3H/b7-6+;. The zero-order valence-electron chi connectivity index (χ0n) is 7.50. The largest absolute Gasteiger partial charge is 0.478 e. The van der Waals surface area contributed by atoms with Gasteiger partial charge >= 0.3 is 13.7 Å². The first kappa shape index (κ1) is 12.4. The summed E-state index contributed by atoms with van der Waals surface area (Å²) < 4.78 is 0. The van der Waals surface area contributed by atoms with Crippen LogP contribution in [-0.4, -0.2) is 28.8 Å². The van der Waals surface area contributed by atoms with Gasteiger partial charge in [0.1, 0.15) is 0 Å². The molecule has 0 heterocycles. The number of carboxylic acids is 1. The van der Waals surface area contributed by atoms with Crippen molar-refractivity contribution in [1.29, 1.82) is 0 Å². The summed E-state index contributed by atoms with van der Waals surface area (Å²) in [5, 5.41) is 22.5. The summed E-state index contributed by atoms with van der Waals surface area (Å²) in [4.78, 5) is 10.1. The van der Waals surface area contributed by atoms with Crippen molar-refractivity contribution in [3.05, 3.63) is 42.0 Å². The second kappa shape index (κ2) is 8.03. The van der Waals surface area contributed by atoms with Crippen LogP contribution < -0.4 is 0 Å². The van der Waals surface area contributed by atoms with Crippen LogP contribution in [0.2, 0.25) is 0 Å². The monoisotopic (exact) mass is 194 g/mol. The number of carboxylic acid groups (broad SMARTS) is 1. The van der Waals surface area contributed by atoms with Gasteiger partial charge in [0.2, 0.25) is 0 Å². The minimum Gasteiger partial charge on any atom is -0.478 e. The van der Waals surface area contributed by atoms with E-state index in [4.69, 9.17) is 15.2 Å². The van der Waals surface area contributed by atoms with E-state index in [1.54, 1.807) is 6.08 Å². The lowest BCUT2D eigenvalue weighted by Gasteiger charge is -1.87. The van der Waals surface area contributed by atoms with Crippen molar-refractivity contribution in [3.8, 4) is 0 Å². The maximum Gasteiger partial charge on any atom is 0.432 e. The van der Waals surface area contributed by atoms with E-state index in [0.717, 1.165) is 11.6 Å². The summed E-state index contributed by atoms with van der Waals surface area (Å²) in [6, 6.07) is 9.31. The summed E-state index contributed by atoms with van der Waals surface area (Å²) in [6.45, 7) is 0. The average Bonchev–Trinajstić information content (AvgIpc) is 2.18. The smallest absolute Gasteiger partial charge is 0.432 e. The van der Waals surface area contributed by atoms with Crippen molar-refractivity contribution < 1.29 is 19.9 Å². The summed E-state index contributed by atoms with van der Waals surface area (Å²) in [5.74, 6) is -0.922. The number of aliphatic carboxylic acids is 1. The normalized spacial score (nSPS) is 9.00. The SMILES string of the molecule is O=C(O)/C=C/c1ccccc1.OBO. The van der Waals surface area contributed by atoms with Gasteiger partial charge in [-0.1, -0.05) is 30.3 Å². The van der Waals surface area contributed by atoms with Gasteiger partial charge in [-0.15, -0.1) is 0 Å². The molecule has 0 amide bonds. The minimum atomic E-state index is -0.922. The van der Waals surface area contributed by atoms with E-state index in [-0.39, 0.29) is 0 Å². The molecule has 3 N–H and O–H groups in total. The molecule has 0 fully saturated rings. The molecule has 0 aliphatic rings. The van der Waals surface area contributed by atoms with Gasteiger partial charge in [0.25, 0.3) is 0 Å². The van der Waals surface area contributed by atoms with Crippen molar-refractivity contribution in [3.63, 3.8) is 0 Å². The molecule has 0 saturated heterocycles. The van der Waals surface area contributed by atoms with E-state index in [1.807, 2.05) is 30.3 Å². The Morgan fingerprint density at radius 2 is 1.71 bits per heavy atom. The fourth-order valence-corrected chi connectivity index (χ4v) is 0.732. The zero-order chi connectivity index (χ0) is 10.8. The fourth-order valence-electron chi connectivity index (χ4n) is 0.732. The Balaban J connectivity index is 0.000000500. The number of hydrogen-bond donors (Lipinski definition) is 3. The number of carbonyl (C=O) groups is 1. The Hall–Kier alpha value is -1.59. The van der Waals surface area contributed by atoms with E-state index < -0.39 is 13.7 Å². The fraction of sp³-hybridized carbons (Fsp3) is 0. The van der Waals surface area contributed by atoms with Crippen LogP contribution in [0.15, 0.2) is 36.4 Å². The quantitative estimate of drug-likeness (QED) is 0.458. The lowest BCUT2D eigenvalue weighted by molar-refractivity contribution is -0.131. The van der Waals surface area contributed by atoms with Crippen LogP contribution in [0.5, 0.6) is 0 Å². The van der Waals surface area contributed by atoms with Crippen molar-refractivity contribution >= 4 is 19.7 Å². The molecule has 0 saturated carbocycles. The highest BCUT2D eigenvalue weighted by Gasteiger charge is 1.85. The first-order valence-corrected chi connectivity index (χ1v) is 3.88. The van der Waals surface area contributed by atoms with E-state index >= 15 is 0 Å². The topological polar surface area (TPSA) is 77.8 Å². The van der Waals surface area contributed by atoms with E-state index in [1.165, 1.54) is 0 Å². The van der Waals surface area contributed by atoms with Crippen molar-refractivity contribution in [2.75, 3.05) is 0 Å². The van der Waals surface area contributed by atoms with Crippen molar-refractivity contribution in [2.45, 2.75) is 0 Å². The highest BCUT2D eigenvalue weighted by Crippen LogP contribution is 1.99. The zero-order valence-corrected chi connectivity index (χ0v) is 7.50. The Bertz CT molecular complexity index is 284. The van der Waals surface area contributed by atoms with E-state index in [2.05, 4.69) is 0 Å².